The van der Waals surface area contributed by atoms with Gasteiger partial charge in [-0.3, -0.25) is 9.59 Å². The lowest BCUT2D eigenvalue weighted by molar-refractivity contribution is -0.129. The Balaban J connectivity index is 1.89. The lowest BCUT2D eigenvalue weighted by Gasteiger charge is -2.21. The van der Waals surface area contributed by atoms with Crippen molar-refractivity contribution in [1.29, 1.82) is 0 Å². The van der Waals surface area contributed by atoms with Crippen LogP contribution in [0.1, 0.15) is 18.4 Å². The van der Waals surface area contributed by atoms with Crippen LogP contribution in [-0.2, 0) is 14.3 Å². The largest absolute Gasteiger partial charge is 0.495 e. The van der Waals surface area contributed by atoms with Gasteiger partial charge in [0.2, 0.25) is 11.8 Å². The summed E-state index contributed by atoms with van der Waals surface area (Å²) in [6.07, 6.45) is 1.38. The van der Waals surface area contributed by atoms with E-state index in [1.807, 2.05) is 6.92 Å². The molecule has 1 heterocycles. The van der Waals surface area contributed by atoms with E-state index in [4.69, 9.17) is 21.1 Å². The van der Waals surface area contributed by atoms with Crippen molar-refractivity contribution in [1.82, 2.24) is 5.32 Å². The molecule has 7 heteroatoms. The molecule has 2 amide bonds. The number of methoxy groups -OCH3 is 1. The molecule has 6 nitrogen and oxygen atoms in total. The number of nitrogens with one attached hydrogen (secondary N) is 2. The molecule has 1 saturated heterocycles. The predicted molar refractivity (Wildman–Crippen MR) is 87.9 cm³/mol. The molecular weight excluding hydrogens is 320 g/mol. The highest BCUT2D eigenvalue weighted by atomic mass is 35.5. The first-order valence-electron chi connectivity index (χ1n) is 7.50. The summed E-state index contributed by atoms with van der Waals surface area (Å²) in [5.74, 6) is -0.0262. The number of hydrogen-bond donors (Lipinski definition) is 2. The molecule has 1 aromatic carbocycles. The molecular formula is C16H21ClN2O4. The molecule has 1 fully saturated rings. The molecule has 0 atom stereocenters. The van der Waals surface area contributed by atoms with Gasteiger partial charge in [0.1, 0.15) is 5.75 Å². The van der Waals surface area contributed by atoms with E-state index in [9.17, 15) is 9.59 Å². The zero-order valence-electron chi connectivity index (χ0n) is 13.3. The Kier molecular flexibility index (Phi) is 6.24. The highest BCUT2D eigenvalue weighted by molar-refractivity contribution is 6.31. The van der Waals surface area contributed by atoms with Gasteiger partial charge >= 0.3 is 0 Å². The fourth-order valence-corrected chi connectivity index (χ4v) is 2.55. The van der Waals surface area contributed by atoms with E-state index in [2.05, 4.69) is 10.6 Å². The summed E-state index contributed by atoms with van der Waals surface area (Å²) in [4.78, 5) is 24.0. The molecule has 0 spiro atoms. The Hall–Kier alpha value is -1.79. The van der Waals surface area contributed by atoms with Crippen LogP contribution in [0.5, 0.6) is 5.75 Å². The van der Waals surface area contributed by atoms with Gasteiger partial charge in [-0.15, -0.1) is 0 Å². The minimum absolute atomic E-state index is 0.0798. The van der Waals surface area contributed by atoms with Gasteiger partial charge in [-0.1, -0.05) is 11.6 Å². The van der Waals surface area contributed by atoms with Crippen LogP contribution in [0.2, 0.25) is 5.02 Å². The Morgan fingerprint density at radius 3 is 2.70 bits per heavy atom. The van der Waals surface area contributed by atoms with Crippen molar-refractivity contribution in [2.75, 3.05) is 32.2 Å². The average molecular weight is 341 g/mol. The van der Waals surface area contributed by atoms with Gasteiger partial charge in [0.25, 0.3) is 0 Å². The number of amides is 2. The SMILES string of the molecule is COc1cc(Cl)c(C)cc1NC(=O)CNC(=O)C1CCOCC1. The van der Waals surface area contributed by atoms with Crippen molar-refractivity contribution in [3.05, 3.63) is 22.7 Å². The topological polar surface area (TPSA) is 76.7 Å². The fraction of sp³-hybridized carbons (Fsp3) is 0.500. The van der Waals surface area contributed by atoms with Crippen LogP contribution in [0.3, 0.4) is 0 Å². The summed E-state index contributed by atoms with van der Waals surface area (Å²) in [5, 5.41) is 5.95. The Morgan fingerprint density at radius 2 is 2.04 bits per heavy atom. The van der Waals surface area contributed by atoms with Crippen molar-refractivity contribution in [3.8, 4) is 5.75 Å². The lowest BCUT2D eigenvalue weighted by Crippen LogP contribution is -2.38. The van der Waals surface area contributed by atoms with Gasteiger partial charge in [0, 0.05) is 30.2 Å². The quantitative estimate of drug-likeness (QED) is 0.861. The molecule has 0 unspecified atom stereocenters. The minimum Gasteiger partial charge on any atom is -0.495 e. The second kappa shape index (κ2) is 8.17. The molecule has 23 heavy (non-hydrogen) atoms. The maximum absolute atomic E-state index is 12.0. The van der Waals surface area contributed by atoms with Crippen LogP contribution in [0.15, 0.2) is 12.1 Å². The smallest absolute Gasteiger partial charge is 0.243 e. The maximum atomic E-state index is 12.0. The molecule has 0 radical (unpaired) electrons. The first-order chi connectivity index (χ1) is 11.0. The number of carbonyl (C=O) groups is 2. The zero-order valence-corrected chi connectivity index (χ0v) is 14.0. The van der Waals surface area contributed by atoms with Crippen LogP contribution < -0.4 is 15.4 Å². The summed E-state index contributed by atoms with van der Waals surface area (Å²) in [5.41, 5.74) is 1.36. The fourth-order valence-electron chi connectivity index (χ4n) is 2.40. The van der Waals surface area contributed by atoms with Crippen LogP contribution in [0.25, 0.3) is 0 Å². The number of aryl methyl sites for hydroxylation is 1. The summed E-state index contributed by atoms with van der Waals surface area (Å²) in [6, 6.07) is 3.38. The number of carbonyl (C=O) groups excluding carboxylic acids is 2. The van der Waals surface area contributed by atoms with Crippen LogP contribution in [-0.4, -0.2) is 38.7 Å². The number of halogens is 1. The van der Waals surface area contributed by atoms with Gasteiger partial charge < -0.3 is 20.1 Å². The van der Waals surface area contributed by atoms with E-state index in [0.717, 1.165) is 5.56 Å². The van der Waals surface area contributed by atoms with Gasteiger partial charge in [0.15, 0.2) is 0 Å². The number of rotatable bonds is 5. The highest BCUT2D eigenvalue weighted by Crippen LogP contribution is 2.30. The number of anilines is 1. The molecule has 126 valence electrons. The first-order valence-corrected chi connectivity index (χ1v) is 7.88. The normalized spacial score (nSPS) is 15.1. The van der Waals surface area contributed by atoms with Gasteiger partial charge in [-0.25, -0.2) is 0 Å². The molecule has 0 aliphatic carbocycles. The first kappa shape index (κ1) is 17.6. The standard InChI is InChI=1S/C16H21ClN2O4/c1-10-7-13(14(22-2)8-12(10)17)19-15(20)9-18-16(21)11-3-5-23-6-4-11/h7-8,11H,3-6,9H2,1-2H3,(H,18,21)(H,19,20). The summed E-state index contributed by atoms with van der Waals surface area (Å²) >= 11 is 6.03. The molecule has 1 aromatic rings. The summed E-state index contributed by atoms with van der Waals surface area (Å²) in [7, 11) is 1.50. The monoisotopic (exact) mass is 340 g/mol. The van der Waals surface area contributed by atoms with Crippen molar-refractivity contribution in [2.45, 2.75) is 19.8 Å². The van der Waals surface area contributed by atoms with E-state index in [-0.39, 0.29) is 24.3 Å². The second-order valence-corrected chi connectivity index (χ2v) is 5.86. The minimum atomic E-state index is -0.314. The van der Waals surface area contributed by atoms with Gasteiger partial charge in [-0.05, 0) is 31.4 Å². The van der Waals surface area contributed by atoms with Crippen molar-refractivity contribution >= 4 is 29.1 Å². The molecule has 2 rings (SSSR count). The summed E-state index contributed by atoms with van der Waals surface area (Å²) < 4.78 is 10.4. The zero-order chi connectivity index (χ0) is 16.8. The molecule has 1 aliphatic heterocycles. The molecule has 0 saturated carbocycles. The van der Waals surface area contributed by atoms with E-state index >= 15 is 0 Å². The third-order valence-electron chi connectivity index (χ3n) is 3.77. The number of hydrogen-bond acceptors (Lipinski definition) is 4. The third kappa shape index (κ3) is 4.84. The molecule has 0 aromatic heterocycles. The van der Waals surface area contributed by atoms with Crippen molar-refractivity contribution in [3.63, 3.8) is 0 Å². The Labute approximate surface area is 140 Å². The average Bonchev–Trinajstić information content (AvgIpc) is 2.56. The van der Waals surface area contributed by atoms with E-state index in [1.165, 1.54) is 7.11 Å². The lowest BCUT2D eigenvalue weighted by atomic mass is 9.99. The predicted octanol–water partition coefficient (Wildman–Crippen LogP) is 2.14. The van der Waals surface area contributed by atoms with Crippen LogP contribution >= 0.6 is 11.6 Å². The second-order valence-electron chi connectivity index (χ2n) is 5.45. The van der Waals surface area contributed by atoms with E-state index in [1.54, 1.807) is 12.1 Å². The Bertz CT molecular complexity index is 586. The van der Waals surface area contributed by atoms with E-state index in [0.29, 0.717) is 42.5 Å². The van der Waals surface area contributed by atoms with Crippen molar-refractivity contribution < 1.29 is 19.1 Å². The van der Waals surface area contributed by atoms with Crippen molar-refractivity contribution in [2.24, 2.45) is 5.92 Å². The van der Waals surface area contributed by atoms with Crippen LogP contribution in [0, 0.1) is 12.8 Å². The molecule has 0 bridgehead atoms. The number of benzene rings is 1. The Morgan fingerprint density at radius 1 is 1.35 bits per heavy atom. The maximum Gasteiger partial charge on any atom is 0.243 e. The van der Waals surface area contributed by atoms with E-state index < -0.39 is 0 Å². The summed E-state index contributed by atoms with van der Waals surface area (Å²) in [6.45, 7) is 2.93. The molecule has 2 N–H and O–H groups in total. The van der Waals surface area contributed by atoms with Crippen LogP contribution in [0.4, 0.5) is 5.69 Å². The van der Waals surface area contributed by atoms with Gasteiger partial charge in [0.05, 0.1) is 19.3 Å². The number of ether oxygens (including phenoxy) is 2. The van der Waals surface area contributed by atoms with Gasteiger partial charge in [-0.2, -0.15) is 0 Å². The highest BCUT2D eigenvalue weighted by Gasteiger charge is 2.21. The molecule has 1 aliphatic rings. The third-order valence-corrected chi connectivity index (χ3v) is 4.18.